The summed E-state index contributed by atoms with van der Waals surface area (Å²) >= 11 is 7.74. The third-order valence-electron chi connectivity index (χ3n) is 1.34. The maximum Gasteiger partial charge on any atom is 0.184 e. The number of nitrogens with zero attached hydrogens (tertiary/aromatic N) is 1. The molecule has 1 aromatic rings. The van der Waals surface area contributed by atoms with Crippen LogP contribution in [0.5, 0.6) is 0 Å². The van der Waals surface area contributed by atoms with Crippen molar-refractivity contribution < 1.29 is 4.39 Å². The van der Waals surface area contributed by atoms with Gasteiger partial charge in [-0.25, -0.2) is 4.39 Å². The Labute approximate surface area is 94.3 Å². The summed E-state index contributed by atoms with van der Waals surface area (Å²) in [5.74, 6) is -0.360. The molecule has 0 unspecified atom stereocenters. The molecule has 1 aromatic carbocycles. The molecule has 6 heteroatoms. The van der Waals surface area contributed by atoms with Gasteiger partial charge in [-0.1, -0.05) is 15.9 Å². The van der Waals surface area contributed by atoms with E-state index in [2.05, 4.69) is 38.7 Å². The van der Waals surface area contributed by atoms with Crippen LogP contribution in [0.3, 0.4) is 0 Å². The van der Waals surface area contributed by atoms with E-state index in [1.165, 1.54) is 12.3 Å². The molecule has 0 bridgehead atoms. The van der Waals surface area contributed by atoms with Crippen LogP contribution in [0.1, 0.15) is 5.56 Å². The summed E-state index contributed by atoms with van der Waals surface area (Å²) in [6.45, 7) is 0. The first-order valence-corrected chi connectivity index (χ1v) is 4.83. The highest BCUT2D eigenvalue weighted by Gasteiger charge is 1.98. The number of halogens is 2. The van der Waals surface area contributed by atoms with E-state index in [1.54, 1.807) is 12.1 Å². The lowest BCUT2D eigenvalue weighted by atomic mass is 10.2. The average molecular weight is 276 g/mol. The second-order valence-electron chi connectivity index (χ2n) is 2.40. The van der Waals surface area contributed by atoms with Gasteiger partial charge >= 0.3 is 0 Å². The highest BCUT2D eigenvalue weighted by Crippen LogP contribution is 2.13. The molecule has 3 nitrogen and oxygen atoms in total. The van der Waals surface area contributed by atoms with Crippen molar-refractivity contribution >= 4 is 39.5 Å². The van der Waals surface area contributed by atoms with Crippen molar-refractivity contribution in [1.82, 2.24) is 5.43 Å². The summed E-state index contributed by atoms with van der Waals surface area (Å²) in [6, 6.07) is 4.54. The molecule has 0 aliphatic heterocycles. The zero-order chi connectivity index (χ0) is 10.6. The number of hydrogen-bond donors (Lipinski definition) is 2. The Morgan fingerprint density at radius 3 is 3.00 bits per heavy atom. The van der Waals surface area contributed by atoms with Gasteiger partial charge in [0, 0.05) is 10.0 Å². The summed E-state index contributed by atoms with van der Waals surface area (Å²) < 4.78 is 13.9. The van der Waals surface area contributed by atoms with Crippen molar-refractivity contribution in [1.29, 1.82) is 0 Å². The van der Waals surface area contributed by atoms with Crippen LogP contribution < -0.4 is 11.2 Å². The maximum absolute atomic E-state index is 13.1. The van der Waals surface area contributed by atoms with Crippen molar-refractivity contribution in [3.05, 3.63) is 34.1 Å². The van der Waals surface area contributed by atoms with Gasteiger partial charge in [0.1, 0.15) is 5.82 Å². The molecule has 0 radical (unpaired) electrons. The molecular formula is C8H7BrFN3S. The molecular weight excluding hydrogens is 269 g/mol. The van der Waals surface area contributed by atoms with Gasteiger partial charge in [-0.05, 0) is 30.4 Å². The van der Waals surface area contributed by atoms with Crippen molar-refractivity contribution in [3.63, 3.8) is 0 Å². The Morgan fingerprint density at radius 1 is 1.64 bits per heavy atom. The van der Waals surface area contributed by atoms with Gasteiger partial charge < -0.3 is 5.73 Å². The zero-order valence-electron chi connectivity index (χ0n) is 7.00. The summed E-state index contributed by atoms with van der Waals surface area (Å²) in [5, 5.41) is 3.68. The number of nitrogens with two attached hydrogens (primary N) is 1. The molecule has 0 heterocycles. The molecule has 1 rings (SSSR count). The first kappa shape index (κ1) is 11.1. The number of hydrogen-bond acceptors (Lipinski definition) is 2. The van der Waals surface area contributed by atoms with Crippen LogP contribution in [0, 0.1) is 5.82 Å². The lowest BCUT2D eigenvalue weighted by Crippen LogP contribution is -2.24. The third-order valence-corrected chi connectivity index (χ3v) is 1.92. The van der Waals surface area contributed by atoms with E-state index in [0.29, 0.717) is 5.56 Å². The van der Waals surface area contributed by atoms with E-state index in [0.717, 1.165) is 4.47 Å². The molecule has 0 spiro atoms. The molecule has 0 aliphatic carbocycles. The van der Waals surface area contributed by atoms with E-state index in [9.17, 15) is 4.39 Å². The van der Waals surface area contributed by atoms with Gasteiger partial charge in [0.15, 0.2) is 5.11 Å². The fourth-order valence-corrected chi connectivity index (χ4v) is 1.21. The van der Waals surface area contributed by atoms with Crippen LogP contribution in [0.25, 0.3) is 0 Å². The Hall–Kier alpha value is -1.01. The summed E-state index contributed by atoms with van der Waals surface area (Å²) in [5.41, 5.74) is 7.82. The van der Waals surface area contributed by atoms with Gasteiger partial charge in [-0.2, -0.15) is 5.10 Å². The minimum atomic E-state index is -0.360. The second kappa shape index (κ2) is 5.02. The zero-order valence-corrected chi connectivity index (χ0v) is 9.40. The number of nitrogens with one attached hydrogen (secondary N) is 1. The summed E-state index contributed by atoms with van der Waals surface area (Å²) in [6.07, 6.45) is 1.30. The van der Waals surface area contributed by atoms with Crippen LogP contribution in [-0.4, -0.2) is 11.3 Å². The van der Waals surface area contributed by atoms with Gasteiger partial charge in [0.05, 0.1) is 6.21 Å². The fraction of sp³-hybridized carbons (Fsp3) is 0. The number of rotatable bonds is 2. The number of hydrazone groups is 1. The van der Waals surface area contributed by atoms with Crippen molar-refractivity contribution in [2.24, 2.45) is 10.8 Å². The van der Waals surface area contributed by atoms with Gasteiger partial charge in [0.2, 0.25) is 0 Å². The predicted molar refractivity (Wildman–Crippen MR) is 61.6 cm³/mol. The van der Waals surface area contributed by atoms with E-state index in [1.807, 2.05) is 0 Å². The lowest BCUT2D eigenvalue weighted by Gasteiger charge is -1.97. The Balaban J connectivity index is 2.80. The maximum atomic E-state index is 13.1. The van der Waals surface area contributed by atoms with E-state index in [4.69, 9.17) is 5.73 Å². The van der Waals surface area contributed by atoms with Crippen LogP contribution in [0.4, 0.5) is 4.39 Å². The topological polar surface area (TPSA) is 50.4 Å². The highest BCUT2D eigenvalue weighted by molar-refractivity contribution is 9.10. The van der Waals surface area contributed by atoms with Crippen molar-refractivity contribution in [2.75, 3.05) is 0 Å². The third kappa shape index (κ3) is 3.39. The summed E-state index contributed by atoms with van der Waals surface area (Å²) in [7, 11) is 0. The molecule has 0 aliphatic rings. The lowest BCUT2D eigenvalue weighted by molar-refractivity contribution is 0.625. The second-order valence-corrected chi connectivity index (χ2v) is 3.76. The minimum absolute atomic E-state index is 0.0386. The van der Waals surface area contributed by atoms with Crippen molar-refractivity contribution in [3.8, 4) is 0 Å². The quantitative estimate of drug-likeness (QED) is 0.491. The largest absolute Gasteiger partial charge is 0.375 e. The van der Waals surface area contributed by atoms with E-state index in [-0.39, 0.29) is 10.9 Å². The highest BCUT2D eigenvalue weighted by atomic mass is 79.9. The summed E-state index contributed by atoms with van der Waals surface area (Å²) in [4.78, 5) is 0. The molecule has 14 heavy (non-hydrogen) atoms. The Morgan fingerprint density at radius 2 is 2.36 bits per heavy atom. The number of benzene rings is 1. The monoisotopic (exact) mass is 275 g/mol. The molecule has 0 fully saturated rings. The molecule has 0 saturated heterocycles. The molecule has 0 aromatic heterocycles. The first-order valence-electron chi connectivity index (χ1n) is 3.63. The first-order chi connectivity index (χ1) is 6.59. The smallest absolute Gasteiger partial charge is 0.184 e. The normalized spacial score (nSPS) is 10.4. The van der Waals surface area contributed by atoms with Crippen LogP contribution in [-0.2, 0) is 0 Å². The van der Waals surface area contributed by atoms with Gasteiger partial charge in [0.25, 0.3) is 0 Å². The minimum Gasteiger partial charge on any atom is -0.375 e. The fourth-order valence-electron chi connectivity index (χ4n) is 0.779. The van der Waals surface area contributed by atoms with Crippen LogP contribution in [0.2, 0.25) is 0 Å². The van der Waals surface area contributed by atoms with Crippen LogP contribution in [0.15, 0.2) is 27.8 Å². The van der Waals surface area contributed by atoms with Crippen molar-refractivity contribution in [2.45, 2.75) is 0 Å². The Kier molecular flexibility index (Phi) is 3.97. The van der Waals surface area contributed by atoms with Gasteiger partial charge in [-0.15, -0.1) is 0 Å². The molecule has 3 N–H and O–H groups in total. The Bertz CT molecular complexity index is 381. The molecule has 74 valence electrons. The predicted octanol–water partition coefficient (Wildman–Crippen LogP) is 1.76. The number of thiocarbonyl (C=S) groups is 1. The standard InChI is InChI=1S/C8H7BrFN3S/c9-6-1-2-7(10)5(3-6)4-12-13-8(11)14/h1-4H,(H3,11,13,14)/b12-4-. The van der Waals surface area contributed by atoms with E-state index >= 15 is 0 Å². The SMILES string of the molecule is NC(=S)N/N=C\c1cc(Br)ccc1F. The molecule has 0 atom stereocenters. The van der Waals surface area contributed by atoms with Gasteiger partial charge in [-0.3, -0.25) is 5.43 Å². The molecule has 0 saturated carbocycles. The van der Waals surface area contributed by atoms with E-state index < -0.39 is 0 Å². The van der Waals surface area contributed by atoms with Crippen LogP contribution >= 0.6 is 28.1 Å². The molecule has 0 amide bonds. The average Bonchev–Trinajstić information content (AvgIpc) is 2.10.